The van der Waals surface area contributed by atoms with Crippen LogP contribution in [-0.4, -0.2) is 48.2 Å². The molecule has 1 amide bonds. The van der Waals surface area contributed by atoms with Crippen LogP contribution in [0.3, 0.4) is 0 Å². The fourth-order valence-electron chi connectivity index (χ4n) is 3.76. The summed E-state index contributed by atoms with van der Waals surface area (Å²) in [6, 6.07) is 14.7. The largest absolute Gasteiger partial charge is 0.464 e. The lowest BCUT2D eigenvalue weighted by atomic mass is 10.1. The second-order valence-corrected chi connectivity index (χ2v) is 9.67. The van der Waals surface area contributed by atoms with E-state index in [4.69, 9.17) is 4.74 Å². The number of esters is 1. The van der Waals surface area contributed by atoms with Crippen LogP contribution in [0.25, 0.3) is 10.9 Å². The van der Waals surface area contributed by atoms with E-state index >= 15 is 0 Å². The van der Waals surface area contributed by atoms with Crippen molar-refractivity contribution in [1.82, 2.24) is 19.1 Å². The maximum atomic E-state index is 13.2. The second-order valence-electron chi connectivity index (χ2n) is 7.85. The highest BCUT2D eigenvalue weighted by atomic mass is 32.2. The molecule has 1 N–H and O–H groups in total. The van der Waals surface area contributed by atoms with E-state index in [1.165, 1.54) is 35.1 Å². The Bertz CT molecular complexity index is 1500. The first-order valence-electron chi connectivity index (χ1n) is 10.5. The summed E-state index contributed by atoms with van der Waals surface area (Å²) in [7, 11) is -1.03. The molecule has 0 aliphatic rings. The first-order valence-corrected chi connectivity index (χ1v) is 11.9. The summed E-state index contributed by atoms with van der Waals surface area (Å²) in [6.07, 6.45) is 1.52. The van der Waals surface area contributed by atoms with Gasteiger partial charge in [-0.25, -0.2) is 17.2 Å². The predicted molar refractivity (Wildman–Crippen MR) is 126 cm³/mol. The topological polar surface area (TPSA) is 112 Å². The first kappa shape index (κ1) is 23.2. The summed E-state index contributed by atoms with van der Waals surface area (Å²) in [5, 5.41) is 7.50. The van der Waals surface area contributed by atoms with Crippen LogP contribution >= 0.6 is 0 Å². The summed E-state index contributed by atoms with van der Waals surface area (Å²) < 4.78 is 33.9. The molecule has 0 aliphatic carbocycles. The molecule has 0 saturated carbocycles. The number of carbonyl (C=O) groups excluding carboxylic acids is 2. The molecule has 10 heteroatoms. The molecule has 1 atom stereocenters. The first-order chi connectivity index (χ1) is 16.2. The van der Waals surface area contributed by atoms with Gasteiger partial charge in [0.05, 0.1) is 23.6 Å². The van der Waals surface area contributed by atoms with Crippen LogP contribution in [0.4, 0.5) is 0 Å². The van der Waals surface area contributed by atoms with E-state index in [0.717, 1.165) is 11.1 Å². The molecular formula is C24H24N4O5S. The third-order valence-electron chi connectivity index (χ3n) is 5.70. The number of hydrogen-bond acceptors (Lipinski definition) is 6. The number of fused-ring (bicyclic) bond motifs is 1. The van der Waals surface area contributed by atoms with Gasteiger partial charge < -0.3 is 10.1 Å². The highest BCUT2D eigenvalue weighted by Crippen LogP contribution is 2.28. The number of benzene rings is 2. The number of nitrogens with one attached hydrogen (secondary N) is 1. The third kappa shape index (κ3) is 3.96. The minimum Gasteiger partial charge on any atom is -0.464 e. The van der Waals surface area contributed by atoms with Gasteiger partial charge in [-0.15, -0.1) is 0 Å². The van der Waals surface area contributed by atoms with Gasteiger partial charge in [-0.05, 0) is 49.7 Å². The number of hydrogen-bond donors (Lipinski definition) is 1. The fourth-order valence-corrected chi connectivity index (χ4v) is 5.11. The Morgan fingerprint density at radius 1 is 1.06 bits per heavy atom. The van der Waals surface area contributed by atoms with Gasteiger partial charge in [-0.3, -0.25) is 9.48 Å². The Labute approximate surface area is 197 Å². The molecule has 0 radical (unpaired) electrons. The fraction of sp³-hybridized carbons (Fsp3) is 0.208. The smallest absolute Gasteiger partial charge is 0.356 e. The molecule has 0 saturated heterocycles. The molecule has 9 nitrogen and oxygen atoms in total. The van der Waals surface area contributed by atoms with Crippen molar-refractivity contribution in [2.75, 3.05) is 14.2 Å². The van der Waals surface area contributed by atoms with E-state index in [0.29, 0.717) is 10.9 Å². The maximum Gasteiger partial charge on any atom is 0.356 e. The number of nitrogens with zero attached hydrogens (tertiary/aromatic N) is 3. The second kappa shape index (κ2) is 8.79. The number of aryl methyl sites for hydroxylation is 1. The minimum atomic E-state index is -3.76. The minimum absolute atomic E-state index is 0.0890. The quantitative estimate of drug-likeness (QED) is 0.424. The highest BCUT2D eigenvalue weighted by molar-refractivity contribution is 7.90. The van der Waals surface area contributed by atoms with Crippen molar-refractivity contribution in [3.05, 3.63) is 83.3 Å². The van der Waals surface area contributed by atoms with Crippen molar-refractivity contribution in [2.24, 2.45) is 0 Å². The summed E-state index contributed by atoms with van der Waals surface area (Å²) >= 11 is 0. The van der Waals surface area contributed by atoms with E-state index in [-0.39, 0.29) is 16.3 Å². The van der Waals surface area contributed by atoms with Crippen molar-refractivity contribution in [3.63, 3.8) is 0 Å². The molecule has 1 unspecified atom stereocenters. The van der Waals surface area contributed by atoms with Gasteiger partial charge in [0.2, 0.25) is 0 Å². The van der Waals surface area contributed by atoms with E-state index in [2.05, 4.69) is 10.4 Å². The highest BCUT2D eigenvalue weighted by Gasteiger charge is 2.24. The zero-order chi connectivity index (χ0) is 24.6. The zero-order valence-electron chi connectivity index (χ0n) is 19.1. The Morgan fingerprint density at radius 2 is 1.76 bits per heavy atom. The molecule has 2 aromatic carbocycles. The number of amides is 1. The number of rotatable bonds is 6. The number of aromatic nitrogens is 3. The molecule has 176 valence electrons. The van der Waals surface area contributed by atoms with Crippen LogP contribution in [0.5, 0.6) is 0 Å². The molecule has 2 heterocycles. The van der Waals surface area contributed by atoms with Crippen molar-refractivity contribution < 1.29 is 22.7 Å². The van der Waals surface area contributed by atoms with Gasteiger partial charge in [-0.1, -0.05) is 23.8 Å². The summed E-state index contributed by atoms with van der Waals surface area (Å²) in [5.41, 5.74) is 2.49. The average molecular weight is 481 g/mol. The van der Waals surface area contributed by atoms with E-state index in [1.54, 1.807) is 42.5 Å². The Balaban J connectivity index is 1.75. The van der Waals surface area contributed by atoms with Crippen molar-refractivity contribution in [1.29, 1.82) is 0 Å². The van der Waals surface area contributed by atoms with Crippen LogP contribution in [0.2, 0.25) is 0 Å². The van der Waals surface area contributed by atoms with Crippen LogP contribution < -0.4 is 5.32 Å². The van der Waals surface area contributed by atoms with Crippen molar-refractivity contribution in [3.8, 4) is 0 Å². The van der Waals surface area contributed by atoms with Crippen LogP contribution in [-0.2, 0) is 14.8 Å². The molecular weight excluding hydrogens is 456 g/mol. The van der Waals surface area contributed by atoms with E-state index < -0.39 is 27.9 Å². The number of ether oxygens (including phenoxy) is 1. The lowest BCUT2D eigenvalue weighted by Crippen LogP contribution is -2.19. The monoisotopic (exact) mass is 480 g/mol. The van der Waals surface area contributed by atoms with Gasteiger partial charge in [0, 0.05) is 24.7 Å². The maximum absolute atomic E-state index is 13.2. The number of methoxy groups -OCH3 is 1. The van der Waals surface area contributed by atoms with Crippen LogP contribution in [0.15, 0.2) is 65.7 Å². The van der Waals surface area contributed by atoms with Crippen molar-refractivity contribution in [2.45, 2.75) is 24.8 Å². The molecule has 0 fully saturated rings. The summed E-state index contributed by atoms with van der Waals surface area (Å²) in [4.78, 5) is 24.6. The molecule has 4 rings (SSSR count). The lowest BCUT2D eigenvalue weighted by Gasteiger charge is -2.16. The SMILES string of the molecule is CNC(=O)c1cc(C(=O)OC)n(C(C)c2ccc3c(ccn3S(=O)(=O)c3ccc(C)cc3)c2)n1. The van der Waals surface area contributed by atoms with Crippen LogP contribution in [0.1, 0.15) is 45.1 Å². The summed E-state index contributed by atoms with van der Waals surface area (Å²) in [6.45, 7) is 3.72. The van der Waals surface area contributed by atoms with Gasteiger partial charge in [0.15, 0.2) is 5.69 Å². The van der Waals surface area contributed by atoms with Gasteiger partial charge >= 0.3 is 5.97 Å². The third-order valence-corrected chi connectivity index (χ3v) is 7.40. The van der Waals surface area contributed by atoms with Crippen LogP contribution in [0, 0.1) is 6.92 Å². The van der Waals surface area contributed by atoms with E-state index in [9.17, 15) is 18.0 Å². The summed E-state index contributed by atoms with van der Waals surface area (Å²) in [5.74, 6) is -1.05. The molecule has 0 aliphatic heterocycles. The molecule has 2 aromatic heterocycles. The number of carbonyl (C=O) groups is 2. The molecule has 0 spiro atoms. The lowest BCUT2D eigenvalue weighted by molar-refractivity contribution is 0.0585. The van der Waals surface area contributed by atoms with Gasteiger partial charge in [0.1, 0.15) is 5.69 Å². The van der Waals surface area contributed by atoms with Crippen molar-refractivity contribution >= 4 is 32.8 Å². The Morgan fingerprint density at radius 3 is 2.41 bits per heavy atom. The molecule has 0 bridgehead atoms. The average Bonchev–Trinajstić information content (AvgIpc) is 3.47. The standard InChI is InChI=1S/C24H24N4O5S/c1-15-5-8-19(9-6-15)34(31,32)27-12-11-18-13-17(7-10-21(18)27)16(2)28-22(24(30)33-4)14-20(26-28)23(29)25-3/h5-14,16H,1-4H3,(H,25,29). The van der Waals surface area contributed by atoms with Gasteiger partial charge in [-0.2, -0.15) is 5.10 Å². The zero-order valence-corrected chi connectivity index (χ0v) is 20.0. The molecule has 4 aromatic rings. The predicted octanol–water partition coefficient (Wildman–Crippen LogP) is 3.14. The normalized spacial score (nSPS) is 12.5. The van der Waals surface area contributed by atoms with Gasteiger partial charge in [0.25, 0.3) is 15.9 Å². The Hall–Kier alpha value is -3.92. The molecule has 34 heavy (non-hydrogen) atoms. The Kier molecular flexibility index (Phi) is 6.01. The van der Waals surface area contributed by atoms with E-state index in [1.807, 2.05) is 19.9 Å².